The molecule has 0 amide bonds. The molecule has 0 aliphatic heterocycles. The quantitative estimate of drug-likeness (QED) is 0.585. The van der Waals surface area contributed by atoms with Crippen LogP contribution in [0.25, 0.3) is 0 Å². The van der Waals surface area contributed by atoms with Crippen LogP contribution in [-0.2, 0) is 25.7 Å². The van der Waals surface area contributed by atoms with Crippen molar-refractivity contribution in [3.63, 3.8) is 0 Å². The summed E-state index contributed by atoms with van der Waals surface area (Å²) in [7, 11) is 0. The largest absolute Gasteiger partial charge is 0.0617 e. The van der Waals surface area contributed by atoms with E-state index in [4.69, 9.17) is 0 Å². The molecule has 0 N–H and O–H groups in total. The highest BCUT2D eigenvalue weighted by Gasteiger charge is 2.15. The fourth-order valence-corrected chi connectivity index (χ4v) is 4.14. The van der Waals surface area contributed by atoms with Gasteiger partial charge in [0.05, 0.1) is 0 Å². The molecule has 0 radical (unpaired) electrons. The number of rotatable bonds is 2. The molecule has 2 aliphatic rings. The monoisotopic (exact) mass is 320 g/mol. The molecule has 0 heteroatoms. The van der Waals surface area contributed by atoms with Gasteiger partial charge in [0.2, 0.25) is 0 Å². The smallest absolute Gasteiger partial charge is 0.0216 e. The Bertz CT molecular complexity index is 691. The minimum absolute atomic E-state index is 0.677. The Morgan fingerprint density at radius 3 is 2.12 bits per heavy atom. The summed E-state index contributed by atoms with van der Waals surface area (Å²) in [6.07, 6.45) is 7.93. The first-order valence-electron chi connectivity index (χ1n) is 9.78. The van der Waals surface area contributed by atoms with Crippen LogP contribution in [0.1, 0.15) is 85.8 Å². The van der Waals surface area contributed by atoms with Crippen LogP contribution >= 0.6 is 0 Å². The molecule has 0 unspecified atom stereocenters. The van der Waals surface area contributed by atoms with Crippen LogP contribution < -0.4 is 0 Å². The standard InChI is InChI=1S/2C12H16/c1-9(2)11-7-3-5-10-6-4-8-12(10)11;1-9(2)11-7-6-10-4-3-5-12(10)8-11/h3,5,7,9H,4,6,8H2,1-2H3;6-9H,3-5H2,1-2H3. The molecule has 0 bridgehead atoms. The van der Waals surface area contributed by atoms with E-state index in [0.717, 1.165) is 0 Å². The molecule has 0 fully saturated rings. The molecule has 0 heterocycles. The molecule has 0 aromatic heterocycles. The number of benzene rings is 2. The van der Waals surface area contributed by atoms with Crippen LogP contribution in [-0.4, -0.2) is 0 Å². The minimum Gasteiger partial charge on any atom is -0.0617 e. The SMILES string of the molecule is CC(C)c1ccc2c(c1)CCC2.CC(C)c1cccc2c1CCC2. The fraction of sp³-hybridized carbons (Fsp3) is 0.500. The predicted octanol–water partition coefficient (Wildman–Crippen LogP) is 6.60. The lowest BCUT2D eigenvalue weighted by atomic mass is 9.95. The van der Waals surface area contributed by atoms with Crippen molar-refractivity contribution in [2.24, 2.45) is 0 Å². The van der Waals surface area contributed by atoms with E-state index in [9.17, 15) is 0 Å². The highest BCUT2D eigenvalue weighted by atomic mass is 14.2. The van der Waals surface area contributed by atoms with Gasteiger partial charge in [0, 0.05) is 0 Å². The van der Waals surface area contributed by atoms with Gasteiger partial charge in [-0.15, -0.1) is 0 Å². The highest BCUT2D eigenvalue weighted by Crippen LogP contribution is 2.29. The highest BCUT2D eigenvalue weighted by molar-refractivity contribution is 5.40. The van der Waals surface area contributed by atoms with Crippen LogP contribution in [0.2, 0.25) is 0 Å². The van der Waals surface area contributed by atoms with Gasteiger partial charge >= 0.3 is 0 Å². The molecular weight excluding hydrogens is 288 g/mol. The van der Waals surface area contributed by atoms with E-state index in [2.05, 4.69) is 64.1 Å². The zero-order chi connectivity index (χ0) is 17.1. The van der Waals surface area contributed by atoms with Crippen LogP contribution in [0.3, 0.4) is 0 Å². The van der Waals surface area contributed by atoms with E-state index in [1.54, 1.807) is 27.8 Å². The maximum absolute atomic E-state index is 2.40. The Morgan fingerprint density at radius 1 is 0.667 bits per heavy atom. The summed E-state index contributed by atoms with van der Waals surface area (Å²) in [6.45, 7) is 9.09. The molecule has 0 saturated carbocycles. The van der Waals surface area contributed by atoms with Gasteiger partial charge in [-0.1, -0.05) is 64.1 Å². The maximum atomic E-state index is 2.40. The molecule has 0 spiro atoms. The van der Waals surface area contributed by atoms with Crippen molar-refractivity contribution in [2.45, 2.75) is 78.1 Å². The van der Waals surface area contributed by atoms with Crippen molar-refractivity contribution < 1.29 is 0 Å². The first-order valence-corrected chi connectivity index (χ1v) is 9.78. The molecule has 2 aromatic rings. The van der Waals surface area contributed by atoms with Crippen LogP contribution in [0.15, 0.2) is 36.4 Å². The zero-order valence-electron chi connectivity index (χ0n) is 15.9. The van der Waals surface area contributed by atoms with E-state index < -0.39 is 0 Å². The van der Waals surface area contributed by atoms with Crippen molar-refractivity contribution >= 4 is 0 Å². The molecule has 128 valence electrons. The zero-order valence-corrected chi connectivity index (χ0v) is 15.9. The summed E-state index contributed by atoms with van der Waals surface area (Å²) in [5, 5.41) is 0. The first-order chi connectivity index (χ1) is 11.6. The summed E-state index contributed by atoms with van der Waals surface area (Å²) >= 11 is 0. The van der Waals surface area contributed by atoms with E-state index >= 15 is 0 Å². The molecule has 0 nitrogen and oxygen atoms in total. The van der Waals surface area contributed by atoms with Crippen LogP contribution in [0.5, 0.6) is 0 Å². The summed E-state index contributed by atoms with van der Waals surface area (Å²) < 4.78 is 0. The summed E-state index contributed by atoms with van der Waals surface area (Å²) in [6, 6.07) is 13.8. The third-order valence-corrected chi connectivity index (χ3v) is 5.59. The van der Waals surface area contributed by atoms with E-state index in [1.807, 2.05) is 0 Å². The van der Waals surface area contributed by atoms with Crippen molar-refractivity contribution in [2.75, 3.05) is 0 Å². The fourth-order valence-electron chi connectivity index (χ4n) is 4.14. The number of hydrogen-bond donors (Lipinski definition) is 0. The normalized spacial score (nSPS) is 15.2. The summed E-state index contributed by atoms with van der Waals surface area (Å²) in [5.74, 6) is 1.37. The van der Waals surface area contributed by atoms with Gasteiger partial charge in [0.1, 0.15) is 0 Å². The van der Waals surface area contributed by atoms with Gasteiger partial charge in [0.25, 0.3) is 0 Å². The second kappa shape index (κ2) is 7.55. The van der Waals surface area contributed by atoms with E-state index in [1.165, 1.54) is 44.1 Å². The Balaban J connectivity index is 0.000000141. The lowest BCUT2D eigenvalue weighted by Crippen LogP contribution is -1.94. The molecule has 0 atom stereocenters. The third kappa shape index (κ3) is 3.74. The second-order valence-electron chi connectivity index (χ2n) is 8.03. The molecule has 2 aliphatic carbocycles. The first kappa shape index (κ1) is 17.3. The molecule has 24 heavy (non-hydrogen) atoms. The van der Waals surface area contributed by atoms with Gasteiger partial charge in [-0.05, 0) is 83.7 Å². The van der Waals surface area contributed by atoms with Crippen LogP contribution in [0, 0.1) is 0 Å². The predicted molar refractivity (Wildman–Crippen MR) is 105 cm³/mol. The average molecular weight is 321 g/mol. The number of fused-ring (bicyclic) bond motifs is 2. The Morgan fingerprint density at radius 2 is 1.38 bits per heavy atom. The Hall–Kier alpha value is -1.56. The number of hydrogen-bond acceptors (Lipinski definition) is 0. The second-order valence-corrected chi connectivity index (χ2v) is 8.03. The lowest BCUT2D eigenvalue weighted by molar-refractivity contribution is 0.838. The third-order valence-electron chi connectivity index (χ3n) is 5.59. The van der Waals surface area contributed by atoms with Crippen LogP contribution in [0.4, 0.5) is 0 Å². The average Bonchev–Trinajstić information content (AvgIpc) is 3.22. The minimum atomic E-state index is 0.677. The molecule has 0 saturated heterocycles. The van der Waals surface area contributed by atoms with Crippen molar-refractivity contribution in [1.29, 1.82) is 0 Å². The maximum Gasteiger partial charge on any atom is -0.0216 e. The van der Waals surface area contributed by atoms with Gasteiger partial charge in [0.15, 0.2) is 0 Å². The lowest BCUT2D eigenvalue weighted by Gasteiger charge is -2.10. The summed E-state index contributed by atoms with van der Waals surface area (Å²) in [4.78, 5) is 0. The van der Waals surface area contributed by atoms with Crippen molar-refractivity contribution in [3.8, 4) is 0 Å². The molecule has 4 rings (SSSR count). The summed E-state index contributed by atoms with van der Waals surface area (Å²) in [5.41, 5.74) is 9.50. The Kier molecular flexibility index (Phi) is 5.43. The van der Waals surface area contributed by atoms with Crippen molar-refractivity contribution in [3.05, 3.63) is 69.8 Å². The van der Waals surface area contributed by atoms with Gasteiger partial charge in [-0.25, -0.2) is 0 Å². The van der Waals surface area contributed by atoms with Crippen molar-refractivity contribution in [1.82, 2.24) is 0 Å². The van der Waals surface area contributed by atoms with Gasteiger partial charge in [-0.2, -0.15) is 0 Å². The number of aryl methyl sites for hydroxylation is 3. The molecular formula is C24H32. The van der Waals surface area contributed by atoms with Gasteiger partial charge in [-0.3, -0.25) is 0 Å². The van der Waals surface area contributed by atoms with Gasteiger partial charge < -0.3 is 0 Å². The van der Waals surface area contributed by atoms with E-state index in [0.29, 0.717) is 11.8 Å². The Labute approximate surface area is 148 Å². The molecule has 2 aromatic carbocycles. The topological polar surface area (TPSA) is 0 Å². The van der Waals surface area contributed by atoms with E-state index in [-0.39, 0.29) is 0 Å².